The first-order chi connectivity index (χ1) is 11.1. The Hall–Kier alpha value is -2.97. The number of Topliss-reactive ketones (excluding diaryl/α,β-unsaturated/α-hetero) is 1. The highest BCUT2D eigenvalue weighted by Crippen LogP contribution is 2.33. The van der Waals surface area contributed by atoms with Gasteiger partial charge in [0.25, 0.3) is 0 Å². The number of nitrogens with zero attached hydrogens (tertiary/aromatic N) is 3. The zero-order chi connectivity index (χ0) is 16.4. The van der Waals surface area contributed by atoms with Crippen molar-refractivity contribution in [3.8, 4) is 6.07 Å². The van der Waals surface area contributed by atoms with Gasteiger partial charge in [0, 0.05) is 11.1 Å². The fourth-order valence-corrected chi connectivity index (χ4v) is 2.52. The number of rotatable bonds is 3. The summed E-state index contributed by atoms with van der Waals surface area (Å²) in [7, 11) is 0. The van der Waals surface area contributed by atoms with Crippen LogP contribution in [0.4, 0.5) is 5.69 Å². The van der Waals surface area contributed by atoms with Gasteiger partial charge < -0.3 is 10.0 Å². The van der Waals surface area contributed by atoms with Crippen LogP contribution in [0.25, 0.3) is 0 Å². The van der Waals surface area contributed by atoms with E-state index in [-0.39, 0.29) is 18.2 Å². The minimum Gasteiger partial charge on any atom is -0.369 e. The van der Waals surface area contributed by atoms with E-state index in [1.54, 1.807) is 36.4 Å². The second kappa shape index (κ2) is 6.03. The molecule has 0 fully saturated rings. The van der Waals surface area contributed by atoms with Crippen molar-refractivity contribution in [2.24, 2.45) is 4.99 Å². The molecule has 0 aromatic heterocycles. The van der Waals surface area contributed by atoms with Crippen molar-refractivity contribution in [3.05, 3.63) is 65.2 Å². The van der Waals surface area contributed by atoms with Crippen LogP contribution in [0.3, 0.4) is 0 Å². The van der Waals surface area contributed by atoms with E-state index in [9.17, 15) is 9.90 Å². The normalized spacial score (nSPS) is 16.3. The Morgan fingerprint density at radius 1 is 1.26 bits per heavy atom. The largest absolute Gasteiger partial charge is 0.369 e. The highest BCUT2D eigenvalue weighted by Gasteiger charge is 2.32. The van der Waals surface area contributed by atoms with Gasteiger partial charge in [-0.2, -0.15) is 5.26 Å². The lowest BCUT2D eigenvalue weighted by Gasteiger charge is -2.32. The van der Waals surface area contributed by atoms with Crippen LogP contribution in [0.1, 0.15) is 27.7 Å². The zero-order valence-corrected chi connectivity index (χ0v) is 12.6. The fraction of sp³-hybridized carbons (Fsp3) is 0.167. The number of hydrogen-bond acceptors (Lipinski definition) is 5. The van der Waals surface area contributed by atoms with Gasteiger partial charge >= 0.3 is 0 Å². The lowest BCUT2D eigenvalue weighted by Crippen LogP contribution is -2.41. The van der Waals surface area contributed by atoms with Gasteiger partial charge in [0.2, 0.25) is 5.78 Å². The molecule has 0 saturated carbocycles. The fourth-order valence-electron chi connectivity index (χ4n) is 2.52. The second-order valence-electron chi connectivity index (χ2n) is 5.35. The van der Waals surface area contributed by atoms with Gasteiger partial charge in [-0.25, -0.2) is 4.99 Å². The number of aryl methyl sites for hydroxylation is 1. The number of aliphatic imine (C=N–C) groups is 1. The third kappa shape index (κ3) is 2.72. The number of carbonyl (C=O) groups excluding carboxylic acids is 1. The molecule has 1 aliphatic rings. The lowest BCUT2D eigenvalue weighted by atomic mass is 10.0. The van der Waals surface area contributed by atoms with Crippen LogP contribution in [-0.4, -0.2) is 28.2 Å². The van der Waals surface area contributed by atoms with E-state index in [2.05, 4.69) is 4.99 Å². The maximum Gasteiger partial charge on any atom is 0.228 e. The molecule has 2 aromatic carbocycles. The van der Waals surface area contributed by atoms with Gasteiger partial charge in [0.15, 0.2) is 12.1 Å². The predicted octanol–water partition coefficient (Wildman–Crippen LogP) is 2.74. The summed E-state index contributed by atoms with van der Waals surface area (Å²) in [4.78, 5) is 18.5. The monoisotopic (exact) mass is 305 g/mol. The van der Waals surface area contributed by atoms with Gasteiger partial charge in [-0.15, -0.1) is 0 Å². The van der Waals surface area contributed by atoms with Gasteiger partial charge in [0.1, 0.15) is 6.54 Å². The van der Waals surface area contributed by atoms with Gasteiger partial charge in [-0.3, -0.25) is 4.79 Å². The number of carbonyl (C=O) groups is 1. The number of hydrogen-bond donors (Lipinski definition) is 1. The Balaban J connectivity index is 2.07. The van der Waals surface area contributed by atoms with Gasteiger partial charge in [-0.1, -0.05) is 48.0 Å². The second-order valence-corrected chi connectivity index (χ2v) is 5.35. The molecule has 0 amide bonds. The van der Waals surface area contributed by atoms with Crippen LogP contribution in [0.5, 0.6) is 0 Å². The summed E-state index contributed by atoms with van der Waals surface area (Å²) in [6.07, 6.45) is -1.06. The summed E-state index contributed by atoms with van der Waals surface area (Å²) in [6.45, 7) is 1.82. The third-order valence-corrected chi connectivity index (χ3v) is 3.77. The van der Waals surface area contributed by atoms with Crippen molar-refractivity contribution in [1.82, 2.24) is 4.90 Å². The predicted molar refractivity (Wildman–Crippen MR) is 86.3 cm³/mol. The molecular weight excluding hydrogens is 290 g/mol. The Labute approximate surface area is 134 Å². The van der Waals surface area contributed by atoms with E-state index in [0.717, 1.165) is 5.56 Å². The number of fused-ring (bicyclic) bond motifs is 1. The van der Waals surface area contributed by atoms with Crippen molar-refractivity contribution in [3.63, 3.8) is 0 Å². The maximum atomic E-state index is 12.8. The van der Waals surface area contributed by atoms with Crippen LogP contribution >= 0.6 is 0 Å². The number of ketones is 1. The highest BCUT2D eigenvalue weighted by atomic mass is 16.3. The van der Waals surface area contributed by atoms with E-state index in [1.165, 1.54) is 4.90 Å². The number of aliphatic hydroxyl groups is 1. The SMILES string of the molecule is Cc1ccc(C(=O)C2=Nc3ccccc3C(O)N2CC#N)cc1. The van der Waals surface area contributed by atoms with Gasteiger partial charge in [-0.05, 0) is 13.0 Å². The summed E-state index contributed by atoms with van der Waals surface area (Å²) in [5, 5.41) is 19.5. The van der Waals surface area contributed by atoms with E-state index in [4.69, 9.17) is 5.26 Å². The molecule has 1 atom stereocenters. The molecule has 2 aromatic rings. The van der Waals surface area contributed by atoms with Crippen molar-refractivity contribution >= 4 is 17.3 Å². The molecule has 1 aliphatic heterocycles. The third-order valence-electron chi connectivity index (χ3n) is 3.77. The lowest BCUT2D eigenvalue weighted by molar-refractivity contribution is 0.0555. The number of amidine groups is 1. The smallest absolute Gasteiger partial charge is 0.228 e. The summed E-state index contributed by atoms with van der Waals surface area (Å²) >= 11 is 0. The first kappa shape index (κ1) is 14.9. The molecule has 0 radical (unpaired) electrons. The van der Waals surface area contributed by atoms with E-state index >= 15 is 0 Å². The Bertz CT molecular complexity index is 819. The molecule has 0 bridgehead atoms. The molecular formula is C18H15N3O2. The standard InChI is InChI=1S/C18H15N3O2/c1-12-6-8-13(9-7-12)16(22)17-20-15-5-3-2-4-14(15)18(23)21(17)11-10-19/h2-9,18,23H,11H2,1H3. The first-order valence-corrected chi connectivity index (χ1v) is 7.22. The topological polar surface area (TPSA) is 76.7 Å². The van der Waals surface area contributed by atoms with E-state index in [1.807, 2.05) is 25.1 Å². The minimum absolute atomic E-state index is 0.0848. The molecule has 5 nitrogen and oxygen atoms in total. The molecule has 1 N–H and O–H groups in total. The van der Waals surface area contributed by atoms with Crippen LogP contribution in [-0.2, 0) is 0 Å². The molecule has 1 unspecified atom stereocenters. The minimum atomic E-state index is -1.06. The molecule has 0 saturated heterocycles. The number of para-hydroxylation sites is 1. The van der Waals surface area contributed by atoms with Crippen molar-refractivity contribution in [1.29, 1.82) is 5.26 Å². The Kier molecular flexibility index (Phi) is 3.92. The van der Waals surface area contributed by atoms with Crippen LogP contribution in [0, 0.1) is 18.3 Å². The van der Waals surface area contributed by atoms with Crippen LogP contribution in [0.2, 0.25) is 0 Å². The first-order valence-electron chi connectivity index (χ1n) is 7.22. The molecule has 1 heterocycles. The van der Waals surface area contributed by atoms with Crippen molar-refractivity contribution < 1.29 is 9.90 Å². The zero-order valence-electron chi connectivity index (χ0n) is 12.6. The van der Waals surface area contributed by atoms with Gasteiger partial charge in [0.05, 0.1) is 11.8 Å². The Morgan fingerprint density at radius 3 is 2.65 bits per heavy atom. The molecule has 114 valence electrons. The van der Waals surface area contributed by atoms with E-state index in [0.29, 0.717) is 16.8 Å². The number of benzene rings is 2. The highest BCUT2D eigenvalue weighted by molar-refractivity contribution is 6.45. The molecule has 23 heavy (non-hydrogen) atoms. The number of nitriles is 1. The van der Waals surface area contributed by atoms with E-state index < -0.39 is 6.23 Å². The summed E-state index contributed by atoms with van der Waals surface area (Å²) in [6, 6.07) is 16.2. The van der Waals surface area contributed by atoms with Crippen molar-refractivity contribution in [2.75, 3.05) is 6.54 Å². The summed E-state index contributed by atoms with van der Waals surface area (Å²) < 4.78 is 0. The van der Waals surface area contributed by atoms with Crippen molar-refractivity contribution in [2.45, 2.75) is 13.2 Å². The quantitative estimate of drug-likeness (QED) is 0.698. The Morgan fingerprint density at radius 2 is 1.96 bits per heavy atom. The van der Waals surface area contributed by atoms with Crippen LogP contribution in [0.15, 0.2) is 53.5 Å². The molecule has 0 spiro atoms. The van der Waals surface area contributed by atoms with Crippen LogP contribution < -0.4 is 0 Å². The molecule has 0 aliphatic carbocycles. The maximum absolute atomic E-state index is 12.8. The average molecular weight is 305 g/mol. The average Bonchev–Trinajstić information content (AvgIpc) is 2.57. The summed E-state index contributed by atoms with van der Waals surface area (Å²) in [5.74, 6) is -0.226. The molecule has 3 rings (SSSR count). The number of aliphatic hydroxyl groups excluding tert-OH is 1. The summed E-state index contributed by atoms with van der Waals surface area (Å²) in [5.41, 5.74) is 2.66. The molecule has 5 heteroatoms.